The third kappa shape index (κ3) is 1.91. The van der Waals surface area contributed by atoms with Crippen molar-refractivity contribution < 1.29 is 9.94 Å². The summed E-state index contributed by atoms with van der Waals surface area (Å²) in [5.41, 5.74) is 6.82. The molecule has 0 bridgehead atoms. The molecule has 5 nitrogen and oxygen atoms in total. The summed E-state index contributed by atoms with van der Waals surface area (Å²) in [5, 5.41) is 9.71. The molecule has 98 valence electrons. The van der Waals surface area contributed by atoms with Gasteiger partial charge in [-0.05, 0) is 12.8 Å². The highest BCUT2D eigenvalue weighted by Crippen LogP contribution is 2.34. The Hall–Kier alpha value is -1.40. The Morgan fingerprint density at radius 3 is 2.83 bits per heavy atom. The molecule has 1 fully saturated rings. The fourth-order valence-corrected chi connectivity index (χ4v) is 3.24. The number of rotatable bonds is 4. The number of nitrogen functional groups attached to an aromatic ring is 1. The van der Waals surface area contributed by atoms with Gasteiger partial charge in [-0.2, -0.15) is 4.73 Å². The second-order valence-electron chi connectivity index (χ2n) is 4.45. The summed E-state index contributed by atoms with van der Waals surface area (Å²) < 4.78 is 2.94. The molecule has 3 N–H and O–H groups in total. The lowest BCUT2D eigenvalue weighted by molar-refractivity contribution is 0.0852. The quantitative estimate of drug-likeness (QED) is 0.876. The van der Waals surface area contributed by atoms with Crippen LogP contribution in [0, 0.1) is 0 Å². The van der Waals surface area contributed by atoms with Gasteiger partial charge in [-0.15, -0.1) is 11.3 Å². The molecule has 0 saturated carbocycles. The standard InChI is InChI=1S/C12H17N3O2S/c13-11-7-9-10(18-11)8-12(14-3-1-2-4-14)15(9)17-6-5-16/h7-8,16H,1-6,13H2. The molecule has 2 aromatic heterocycles. The number of anilines is 2. The van der Waals surface area contributed by atoms with E-state index in [2.05, 4.69) is 11.0 Å². The second kappa shape index (κ2) is 4.70. The van der Waals surface area contributed by atoms with E-state index in [1.54, 1.807) is 11.3 Å². The minimum absolute atomic E-state index is 0.0126. The molecular formula is C12H17N3O2S. The number of aliphatic hydroxyl groups is 1. The van der Waals surface area contributed by atoms with Crippen LogP contribution in [0.5, 0.6) is 0 Å². The number of fused-ring (bicyclic) bond motifs is 1. The van der Waals surface area contributed by atoms with E-state index in [0.717, 1.165) is 34.1 Å². The first-order valence-corrected chi connectivity index (χ1v) is 7.01. The molecule has 1 aliphatic rings. The Morgan fingerprint density at radius 1 is 1.33 bits per heavy atom. The third-order valence-electron chi connectivity index (χ3n) is 3.19. The van der Waals surface area contributed by atoms with E-state index < -0.39 is 0 Å². The fourth-order valence-electron chi connectivity index (χ4n) is 2.41. The van der Waals surface area contributed by atoms with Gasteiger partial charge < -0.3 is 20.6 Å². The fraction of sp³-hybridized carbons (Fsp3) is 0.500. The lowest BCUT2D eigenvalue weighted by atomic mass is 10.4. The Bertz CT molecular complexity index is 543. The van der Waals surface area contributed by atoms with Crippen LogP contribution in [-0.4, -0.2) is 36.1 Å². The Kier molecular flexibility index (Phi) is 3.05. The average molecular weight is 267 g/mol. The van der Waals surface area contributed by atoms with Crippen molar-refractivity contribution in [2.24, 2.45) is 0 Å². The Labute approximate surface area is 109 Å². The molecule has 0 aliphatic carbocycles. The number of nitrogens with two attached hydrogens (primary N) is 1. The predicted octanol–water partition coefficient (Wildman–Crippen LogP) is 1.31. The van der Waals surface area contributed by atoms with Crippen LogP contribution >= 0.6 is 11.3 Å². The molecule has 18 heavy (non-hydrogen) atoms. The first-order chi connectivity index (χ1) is 8.79. The summed E-state index contributed by atoms with van der Waals surface area (Å²) >= 11 is 1.57. The zero-order valence-electron chi connectivity index (χ0n) is 10.1. The van der Waals surface area contributed by atoms with Gasteiger partial charge in [0.2, 0.25) is 0 Å². The summed E-state index contributed by atoms with van der Waals surface area (Å²) in [6.07, 6.45) is 2.45. The maximum Gasteiger partial charge on any atom is 0.147 e. The topological polar surface area (TPSA) is 63.7 Å². The van der Waals surface area contributed by atoms with Crippen molar-refractivity contribution in [1.82, 2.24) is 4.73 Å². The van der Waals surface area contributed by atoms with Gasteiger partial charge in [-0.1, -0.05) is 0 Å². The number of hydrogen-bond acceptors (Lipinski definition) is 5. The molecule has 0 radical (unpaired) electrons. The van der Waals surface area contributed by atoms with Crippen molar-refractivity contribution in [3.63, 3.8) is 0 Å². The van der Waals surface area contributed by atoms with Crippen molar-refractivity contribution in [1.29, 1.82) is 0 Å². The van der Waals surface area contributed by atoms with Crippen molar-refractivity contribution in [2.75, 3.05) is 36.9 Å². The van der Waals surface area contributed by atoms with Crippen molar-refractivity contribution in [2.45, 2.75) is 12.8 Å². The van der Waals surface area contributed by atoms with Gasteiger partial charge in [-0.3, -0.25) is 0 Å². The number of hydrogen-bond donors (Lipinski definition) is 2. The van der Waals surface area contributed by atoms with Crippen LogP contribution in [0.4, 0.5) is 10.8 Å². The smallest absolute Gasteiger partial charge is 0.147 e. The van der Waals surface area contributed by atoms with Crippen molar-refractivity contribution >= 4 is 32.4 Å². The average Bonchev–Trinajstić information content (AvgIpc) is 3.01. The Balaban J connectivity index is 2.02. The lowest BCUT2D eigenvalue weighted by Crippen LogP contribution is -2.25. The van der Waals surface area contributed by atoms with E-state index >= 15 is 0 Å². The van der Waals surface area contributed by atoms with Gasteiger partial charge in [-0.25, -0.2) is 0 Å². The van der Waals surface area contributed by atoms with Gasteiger partial charge in [0.15, 0.2) is 0 Å². The zero-order chi connectivity index (χ0) is 12.5. The molecule has 3 rings (SSSR count). The summed E-state index contributed by atoms with van der Waals surface area (Å²) in [6, 6.07) is 4.05. The predicted molar refractivity (Wildman–Crippen MR) is 74.2 cm³/mol. The van der Waals surface area contributed by atoms with E-state index in [-0.39, 0.29) is 6.61 Å². The largest absolute Gasteiger partial charge is 0.409 e. The van der Waals surface area contributed by atoms with Gasteiger partial charge >= 0.3 is 0 Å². The molecule has 0 aromatic carbocycles. The minimum Gasteiger partial charge on any atom is -0.409 e. The van der Waals surface area contributed by atoms with Crippen molar-refractivity contribution in [3.8, 4) is 0 Å². The van der Waals surface area contributed by atoms with Crippen LogP contribution in [0.15, 0.2) is 12.1 Å². The summed E-state index contributed by atoms with van der Waals surface area (Å²) in [4.78, 5) is 7.96. The van der Waals surface area contributed by atoms with Gasteiger partial charge in [0.25, 0.3) is 0 Å². The van der Waals surface area contributed by atoms with Crippen LogP contribution in [0.2, 0.25) is 0 Å². The van der Waals surface area contributed by atoms with Gasteiger partial charge in [0.1, 0.15) is 17.9 Å². The molecule has 0 spiro atoms. The van der Waals surface area contributed by atoms with Crippen molar-refractivity contribution in [3.05, 3.63) is 12.1 Å². The van der Waals surface area contributed by atoms with E-state index in [1.807, 2.05) is 10.8 Å². The van der Waals surface area contributed by atoms with Crippen LogP contribution in [0.25, 0.3) is 10.2 Å². The highest BCUT2D eigenvalue weighted by Gasteiger charge is 2.20. The van der Waals surface area contributed by atoms with Crippen LogP contribution < -0.4 is 15.5 Å². The maximum atomic E-state index is 8.92. The third-order valence-corrected chi connectivity index (χ3v) is 4.09. The maximum absolute atomic E-state index is 8.92. The highest BCUT2D eigenvalue weighted by molar-refractivity contribution is 7.22. The van der Waals surface area contributed by atoms with Gasteiger partial charge in [0.05, 0.1) is 16.3 Å². The number of aliphatic hydroxyl groups excluding tert-OH is 1. The first kappa shape index (κ1) is 11.7. The SMILES string of the molecule is Nc1cc2c(cc(N3CCCC3)n2OCCO)s1. The number of aromatic nitrogens is 1. The van der Waals surface area contributed by atoms with Crippen LogP contribution in [-0.2, 0) is 0 Å². The molecule has 0 amide bonds. The van der Waals surface area contributed by atoms with Crippen LogP contribution in [0.1, 0.15) is 12.8 Å². The molecule has 0 atom stereocenters. The monoisotopic (exact) mass is 267 g/mol. The summed E-state index contributed by atoms with van der Waals surface area (Å²) in [7, 11) is 0. The van der Waals surface area contributed by atoms with E-state index in [9.17, 15) is 0 Å². The Morgan fingerprint density at radius 2 is 2.11 bits per heavy atom. The summed E-state index contributed by atoms with van der Waals surface area (Å²) in [5.74, 6) is 1.07. The minimum atomic E-state index is 0.0126. The lowest BCUT2D eigenvalue weighted by Gasteiger charge is -2.20. The van der Waals surface area contributed by atoms with Crippen LogP contribution in [0.3, 0.4) is 0 Å². The first-order valence-electron chi connectivity index (χ1n) is 6.19. The van der Waals surface area contributed by atoms with E-state index in [1.165, 1.54) is 12.8 Å². The van der Waals surface area contributed by atoms with Gasteiger partial charge in [0, 0.05) is 25.2 Å². The summed E-state index contributed by atoms with van der Waals surface area (Å²) in [6.45, 7) is 2.43. The number of thiophene rings is 1. The molecule has 3 heterocycles. The molecule has 1 aliphatic heterocycles. The molecule has 2 aromatic rings. The van der Waals surface area contributed by atoms with E-state index in [4.69, 9.17) is 15.7 Å². The number of nitrogens with zero attached hydrogens (tertiary/aromatic N) is 2. The second-order valence-corrected chi connectivity index (χ2v) is 5.56. The molecule has 0 unspecified atom stereocenters. The zero-order valence-corrected chi connectivity index (χ0v) is 10.9. The molecular weight excluding hydrogens is 250 g/mol. The van der Waals surface area contributed by atoms with E-state index in [0.29, 0.717) is 6.61 Å². The molecule has 6 heteroatoms. The highest BCUT2D eigenvalue weighted by atomic mass is 32.1. The normalized spacial score (nSPS) is 15.7. The molecule has 1 saturated heterocycles.